The van der Waals surface area contributed by atoms with E-state index in [0.717, 1.165) is 23.7 Å². The smallest absolute Gasteiger partial charge is 0.0495 e. The minimum Gasteiger partial charge on any atom is -0.370 e. The van der Waals surface area contributed by atoms with Gasteiger partial charge in [0.15, 0.2) is 0 Å². The molecule has 2 aliphatic rings. The molecule has 1 unspecified atom stereocenters. The molecule has 1 aromatic carbocycles. The summed E-state index contributed by atoms with van der Waals surface area (Å²) in [6.07, 6.45) is 5.40. The van der Waals surface area contributed by atoms with E-state index in [4.69, 9.17) is 23.2 Å². The lowest BCUT2D eigenvalue weighted by atomic mass is 10.1. The number of piperidine rings is 1. The van der Waals surface area contributed by atoms with Crippen molar-refractivity contribution < 1.29 is 0 Å². The second-order valence-corrected chi connectivity index (χ2v) is 6.60. The second kappa shape index (κ2) is 6.55. The summed E-state index contributed by atoms with van der Waals surface area (Å²) in [5.41, 5.74) is 2.42. The number of anilines is 1. The molecule has 0 aliphatic carbocycles. The van der Waals surface area contributed by atoms with Crippen molar-refractivity contribution in [1.82, 2.24) is 4.90 Å². The quantitative estimate of drug-likeness (QED) is 0.774. The number of likely N-dealkylation sites (tertiary alicyclic amines) is 1. The molecule has 0 bridgehead atoms. The molecular formula is C16H22Cl2N2. The summed E-state index contributed by atoms with van der Waals surface area (Å²) in [5, 5.41) is 0.774. The van der Waals surface area contributed by atoms with Gasteiger partial charge in [0.1, 0.15) is 0 Å². The molecule has 1 atom stereocenters. The number of hydrogen-bond acceptors (Lipinski definition) is 2. The fourth-order valence-electron chi connectivity index (χ4n) is 3.51. The van der Waals surface area contributed by atoms with Crippen LogP contribution >= 0.6 is 23.2 Å². The monoisotopic (exact) mass is 312 g/mol. The lowest BCUT2D eigenvalue weighted by Crippen LogP contribution is -2.40. The Morgan fingerprint density at radius 2 is 1.90 bits per heavy atom. The van der Waals surface area contributed by atoms with Gasteiger partial charge < -0.3 is 4.90 Å². The zero-order chi connectivity index (χ0) is 13.9. The van der Waals surface area contributed by atoms with Gasteiger partial charge in [0, 0.05) is 35.7 Å². The molecule has 0 amide bonds. The Morgan fingerprint density at radius 1 is 1.10 bits per heavy atom. The van der Waals surface area contributed by atoms with Gasteiger partial charge >= 0.3 is 0 Å². The molecule has 4 heteroatoms. The fourth-order valence-corrected chi connectivity index (χ4v) is 3.92. The highest BCUT2D eigenvalue weighted by atomic mass is 35.5. The van der Waals surface area contributed by atoms with E-state index in [-0.39, 0.29) is 0 Å². The highest BCUT2D eigenvalue weighted by Gasteiger charge is 2.29. The Hall–Kier alpha value is -0.440. The summed E-state index contributed by atoms with van der Waals surface area (Å²) >= 11 is 12.1. The number of alkyl halides is 1. The van der Waals surface area contributed by atoms with E-state index in [0.29, 0.717) is 11.9 Å². The third-order valence-electron chi connectivity index (χ3n) is 4.60. The molecule has 2 saturated heterocycles. The van der Waals surface area contributed by atoms with Crippen LogP contribution in [0.2, 0.25) is 5.02 Å². The lowest BCUT2D eigenvalue weighted by Gasteiger charge is -2.32. The van der Waals surface area contributed by atoms with Gasteiger partial charge in [-0.25, -0.2) is 0 Å². The van der Waals surface area contributed by atoms with Crippen LogP contribution in [0.5, 0.6) is 0 Å². The van der Waals surface area contributed by atoms with Gasteiger partial charge in [0.2, 0.25) is 0 Å². The maximum atomic E-state index is 6.07. The molecule has 0 N–H and O–H groups in total. The van der Waals surface area contributed by atoms with E-state index in [1.165, 1.54) is 44.5 Å². The van der Waals surface area contributed by atoms with Crippen molar-refractivity contribution in [2.45, 2.75) is 37.6 Å². The van der Waals surface area contributed by atoms with Gasteiger partial charge in [0.05, 0.1) is 0 Å². The summed E-state index contributed by atoms with van der Waals surface area (Å²) in [7, 11) is 0. The third-order valence-corrected chi connectivity index (χ3v) is 5.12. The van der Waals surface area contributed by atoms with Crippen molar-refractivity contribution in [2.24, 2.45) is 0 Å². The standard InChI is InChI=1S/C16H22Cl2N2/c17-11-13-10-14(18)4-5-16(13)20-9-6-15(12-20)19-7-2-1-3-8-19/h4-5,10,15H,1-3,6-9,11-12H2. The molecule has 2 fully saturated rings. The first-order valence-corrected chi connectivity index (χ1v) is 8.52. The molecule has 0 spiro atoms. The molecule has 1 aromatic rings. The van der Waals surface area contributed by atoms with Gasteiger partial charge in [-0.15, -0.1) is 11.6 Å². The lowest BCUT2D eigenvalue weighted by molar-refractivity contribution is 0.175. The normalized spacial score (nSPS) is 24.3. The minimum atomic E-state index is 0.529. The zero-order valence-electron chi connectivity index (χ0n) is 11.8. The number of halogens is 2. The Balaban J connectivity index is 1.70. The summed E-state index contributed by atoms with van der Waals surface area (Å²) in [5.74, 6) is 0.529. The third kappa shape index (κ3) is 3.08. The molecule has 0 radical (unpaired) electrons. The second-order valence-electron chi connectivity index (χ2n) is 5.89. The van der Waals surface area contributed by atoms with Gasteiger partial charge in [-0.3, -0.25) is 4.90 Å². The van der Waals surface area contributed by atoms with Crippen molar-refractivity contribution in [2.75, 3.05) is 31.1 Å². The molecule has 2 nitrogen and oxygen atoms in total. The maximum Gasteiger partial charge on any atom is 0.0495 e. The SMILES string of the molecule is ClCc1cc(Cl)ccc1N1CCC(N2CCCCC2)C1. The van der Waals surface area contributed by atoms with Crippen LogP contribution in [-0.4, -0.2) is 37.1 Å². The first-order chi connectivity index (χ1) is 9.78. The predicted octanol–water partition coefficient (Wildman–Crippen LogP) is 4.14. The minimum absolute atomic E-state index is 0.529. The predicted molar refractivity (Wildman–Crippen MR) is 87.1 cm³/mol. The molecule has 3 rings (SSSR count). The van der Waals surface area contributed by atoms with Crippen molar-refractivity contribution in [3.8, 4) is 0 Å². The Morgan fingerprint density at radius 3 is 2.65 bits per heavy atom. The number of nitrogens with zero attached hydrogens (tertiary/aromatic N) is 2. The van der Waals surface area contributed by atoms with Crippen molar-refractivity contribution in [3.05, 3.63) is 28.8 Å². The molecule has 2 aliphatic heterocycles. The first-order valence-electron chi connectivity index (χ1n) is 7.61. The molecule has 0 aromatic heterocycles. The summed E-state index contributed by atoms with van der Waals surface area (Å²) in [6, 6.07) is 6.81. The average Bonchev–Trinajstić information content (AvgIpc) is 2.97. The van der Waals surface area contributed by atoms with E-state index in [9.17, 15) is 0 Å². The van der Waals surface area contributed by atoms with Gasteiger partial charge in [-0.2, -0.15) is 0 Å². The summed E-state index contributed by atoms with van der Waals surface area (Å²) < 4.78 is 0. The molecule has 110 valence electrons. The van der Waals surface area contributed by atoms with Crippen molar-refractivity contribution in [3.63, 3.8) is 0 Å². The Kier molecular flexibility index (Phi) is 4.75. The average molecular weight is 313 g/mol. The largest absolute Gasteiger partial charge is 0.370 e. The topological polar surface area (TPSA) is 6.48 Å². The van der Waals surface area contributed by atoms with Crippen LogP contribution < -0.4 is 4.90 Å². The molecule has 20 heavy (non-hydrogen) atoms. The highest BCUT2D eigenvalue weighted by molar-refractivity contribution is 6.30. The zero-order valence-corrected chi connectivity index (χ0v) is 13.3. The fraction of sp³-hybridized carbons (Fsp3) is 0.625. The van der Waals surface area contributed by atoms with Gasteiger partial charge in [0.25, 0.3) is 0 Å². The first kappa shape index (κ1) is 14.5. The van der Waals surface area contributed by atoms with Crippen molar-refractivity contribution >= 4 is 28.9 Å². The summed E-state index contributed by atoms with van der Waals surface area (Å²) in [6.45, 7) is 4.82. The van der Waals surface area contributed by atoms with Crippen LogP contribution in [0.4, 0.5) is 5.69 Å². The summed E-state index contributed by atoms with van der Waals surface area (Å²) in [4.78, 5) is 5.16. The maximum absolute atomic E-state index is 6.07. The highest BCUT2D eigenvalue weighted by Crippen LogP contribution is 2.30. The van der Waals surface area contributed by atoms with Gasteiger partial charge in [-0.1, -0.05) is 18.0 Å². The number of benzene rings is 1. The molecule has 0 saturated carbocycles. The van der Waals surface area contributed by atoms with E-state index in [1.807, 2.05) is 12.1 Å². The molecular weight excluding hydrogens is 291 g/mol. The number of rotatable bonds is 3. The Labute approximate surface area is 131 Å². The van der Waals surface area contributed by atoms with Crippen LogP contribution in [0.3, 0.4) is 0 Å². The van der Waals surface area contributed by atoms with E-state index < -0.39 is 0 Å². The van der Waals surface area contributed by atoms with Crippen molar-refractivity contribution in [1.29, 1.82) is 0 Å². The van der Waals surface area contributed by atoms with Crippen LogP contribution in [0.1, 0.15) is 31.2 Å². The van der Waals surface area contributed by atoms with Gasteiger partial charge in [-0.05, 0) is 56.1 Å². The van der Waals surface area contributed by atoms with E-state index >= 15 is 0 Å². The molecule has 2 heterocycles. The number of hydrogen-bond donors (Lipinski definition) is 0. The van der Waals surface area contributed by atoms with Crippen LogP contribution in [0.15, 0.2) is 18.2 Å². The van der Waals surface area contributed by atoms with Crippen LogP contribution in [-0.2, 0) is 5.88 Å². The van der Waals surface area contributed by atoms with Crippen LogP contribution in [0, 0.1) is 0 Å². The van der Waals surface area contributed by atoms with Crippen LogP contribution in [0.25, 0.3) is 0 Å². The Bertz CT molecular complexity index is 458. The van der Waals surface area contributed by atoms with E-state index in [2.05, 4.69) is 15.9 Å². The van der Waals surface area contributed by atoms with E-state index in [1.54, 1.807) is 0 Å².